The van der Waals surface area contributed by atoms with Gasteiger partial charge in [0.1, 0.15) is 0 Å². The largest absolute Gasteiger partial charge is 0.399 e. The van der Waals surface area contributed by atoms with E-state index in [1.165, 1.54) is 6.07 Å². The molecular formula is C12H15ClN4O. The van der Waals surface area contributed by atoms with Crippen LogP contribution in [-0.2, 0) is 0 Å². The lowest BCUT2D eigenvalue weighted by molar-refractivity contribution is 0.100. The van der Waals surface area contributed by atoms with Crippen LogP contribution in [0.3, 0.4) is 0 Å². The monoisotopic (exact) mass is 266 g/mol. The first-order valence-corrected chi connectivity index (χ1v) is 5.74. The zero-order valence-corrected chi connectivity index (χ0v) is 11.0. The van der Waals surface area contributed by atoms with Gasteiger partial charge in [-0.2, -0.15) is 5.26 Å². The first-order chi connectivity index (χ1) is 8.36. The van der Waals surface area contributed by atoms with Crippen LogP contribution in [0.2, 0.25) is 5.02 Å². The van der Waals surface area contributed by atoms with Crippen molar-refractivity contribution in [3.63, 3.8) is 0 Å². The highest BCUT2D eigenvalue weighted by Crippen LogP contribution is 2.32. The third-order valence-electron chi connectivity index (χ3n) is 2.50. The predicted octanol–water partition coefficient (Wildman–Crippen LogP) is 1.62. The molecule has 0 aliphatic rings. The molecule has 1 rings (SSSR count). The van der Waals surface area contributed by atoms with Crippen LogP contribution >= 0.6 is 11.6 Å². The zero-order valence-electron chi connectivity index (χ0n) is 10.3. The van der Waals surface area contributed by atoms with Gasteiger partial charge in [-0.3, -0.25) is 4.79 Å². The van der Waals surface area contributed by atoms with Gasteiger partial charge in [-0.15, -0.1) is 0 Å². The van der Waals surface area contributed by atoms with Gasteiger partial charge in [0.2, 0.25) is 0 Å². The predicted molar refractivity (Wildman–Crippen MR) is 72.4 cm³/mol. The summed E-state index contributed by atoms with van der Waals surface area (Å²) in [6, 6.07) is 5.16. The number of rotatable bonds is 4. The molecule has 0 bridgehead atoms. The molecule has 18 heavy (non-hydrogen) atoms. The highest BCUT2D eigenvalue weighted by atomic mass is 35.5. The number of primary amides is 1. The molecule has 5 nitrogen and oxygen atoms in total. The summed E-state index contributed by atoms with van der Waals surface area (Å²) >= 11 is 6.09. The van der Waals surface area contributed by atoms with Crippen LogP contribution in [0.5, 0.6) is 0 Å². The van der Waals surface area contributed by atoms with Gasteiger partial charge >= 0.3 is 0 Å². The van der Waals surface area contributed by atoms with E-state index in [0.29, 0.717) is 22.9 Å². The fraction of sp³-hybridized carbons (Fsp3) is 0.333. The van der Waals surface area contributed by atoms with Gasteiger partial charge in [0.15, 0.2) is 0 Å². The standard InChI is InChI=1S/C12H15ClN4O/c1-7(5-14)6-17(2)11-9(12(16)18)3-8(15)4-10(11)13/h3-4,7H,6,15H2,1-2H3,(H2,16,18). The Kier molecular flexibility index (Phi) is 4.40. The van der Waals surface area contributed by atoms with Gasteiger partial charge in [-0.1, -0.05) is 11.6 Å². The second kappa shape index (κ2) is 5.61. The van der Waals surface area contributed by atoms with Gasteiger partial charge in [0.25, 0.3) is 5.91 Å². The molecule has 1 aromatic rings. The van der Waals surface area contributed by atoms with Crippen molar-refractivity contribution in [3.8, 4) is 6.07 Å². The van der Waals surface area contributed by atoms with Gasteiger partial charge in [0, 0.05) is 19.3 Å². The van der Waals surface area contributed by atoms with Crippen molar-refractivity contribution >= 4 is 28.9 Å². The minimum atomic E-state index is -0.601. The quantitative estimate of drug-likeness (QED) is 0.809. The fourth-order valence-electron chi connectivity index (χ4n) is 1.74. The SMILES string of the molecule is CC(C#N)CN(C)c1c(Cl)cc(N)cc1C(N)=O. The second-order valence-electron chi connectivity index (χ2n) is 4.17. The van der Waals surface area contributed by atoms with Crippen LogP contribution in [0.25, 0.3) is 0 Å². The lowest BCUT2D eigenvalue weighted by Gasteiger charge is -2.24. The van der Waals surface area contributed by atoms with Crippen LogP contribution in [0, 0.1) is 17.2 Å². The number of hydrogen-bond acceptors (Lipinski definition) is 4. The first kappa shape index (κ1) is 14.1. The number of nitrogen functional groups attached to an aromatic ring is 1. The summed E-state index contributed by atoms with van der Waals surface area (Å²) in [5.74, 6) is -0.792. The third-order valence-corrected chi connectivity index (χ3v) is 2.79. The molecule has 4 N–H and O–H groups in total. The van der Waals surface area contributed by atoms with Crippen molar-refractivity contribution in [2.45, 2.75) is 6.92 Å². The molecule has 0 saturated heterocycles. The summed E-state index contributed by atoms with van der Waals surface area (Å²) in [5, 5.41) is 9.15. The molecule has 0 saturated carbocycles. The van der Waals surface area contributed by atoms with Crippen LogP contribution in [0.15, 0.2) is 12.1 Å². The average molecular weight is 267 g/mol. The minimum absolute atomic E-state index is 0.190. The summed E-state index contributed by atoms with van der Waals surface area (Å²) in [4.78, 5) is 13.1. The van der Waals surface area contributed by atoms with E-state index >= 15 is 0 Å². The van der Waals surface area contributed by atoms with E-state index in [4.69, 9.17) is 28.3 Å². The maximum atomic E-state index is 11.4. The van der Waals surface area contributed by atoms with E-state index in [2.05, 4.69) is 6.07 Å². The van der Waals surface area contributed by atoms with Crippen molar-refractivity contribution in [3.05, 3.63) is 22.7 Å². The van der Waals surface area contributed by atoms with Crippen LogP contribution < -0.4 is 16.4 Å². The summed E-state index contributed by atoms with van der Waals surface area (Å²) in [6.07, 6.45) is 0. The Bertz CT molecular complexity index is 510. The van der Waals surface area contributed by atoms with Gasteiger partial charge in [-0.25, -0.2) is 0 Å². The Balaban J connectivity index is 3.22. The first-order valence-electron chi connectivity index (χ1n) is 5.36. The van der Waals surface area contributed by atoms with E-state index in [1.54, 1.807) is 24.9 Å². The molecule has 0 fully saturated rings. The highest BCUT2D eigenvalue weighted by molar-refractivity contribution is 6.34. The average Bonchev–Trinajstić information content (AvgIpc) is 2.27. The van der Waals surface area contributed by atoms with Crippen LogP contribution in [0.4, 0.5) is 11.4 Å². The maximum Gasteiger partial charge on any atom is 0.250 e. The molecule has 1 amide bonds. The number of anilines is 2. The molecule has 6 heteroatoms. The van der Waals surface area contributed by atoms with E-state index < -0.39 is 5.91 Å². The second-order valence-corrected chi connectivity index (χ2v) is 4.58. The molecule has 96 valence electrons. The molecule has 0 spiro atoms. The van der Waals surface area contributed by atoms with Gasteiger partial charge in [0.05, 0.1) is 28.3 Å². The summed E-state index contributed by atoms with van der Waals surface area (Å²) in [6.45, 7) is 2.23. The Morgan fingerprint density at radius 3 is 2.72 bits per heavy atom. The Labute approximate surface area is 111 Å². The topological polar surface area (TPSA) is 96.1 Å². The molecule has 0 radical (unpaired) electrons. The van der Waals surface area contributed by atoms with Crippen LogP contribution in [-0.4, -0.2) is 19.5 Å². The third kappa shape index (κ3) is 3.05. The maximum absolute atomic E-state index is 11.4. The molecule has 0 aromatic heterocycles. The molecule has 0 aliphatic carbocycles. The lowest BCUT2D eigenvalue weighted by Crippen LogP contribution is -2.27. The van der Waals surface area contributed by atoms with Crippen molar-refractivity contribution in [1.29, 1.82) is 5.26 Å². The molecule has 1 unspecified atom stereocenters. The summed E-state index contributed by atoms with van der Waals surface area (Å²) in [7, 11) is 1.75. The number of nitriles is 1. The Morgan fingerprint density at radius 1 is 1.61 bits per heavy atom. The number of carbonyl (C=O) groups is 1. The van der Waals surface area contributed by atoms with E-state index in [9.17, 15) is 4.79 Å². The number of amides is 1. The smallest absolute Gasteiger partial charge is 0.250 e. The zero-order chi connectivity index (χ0) is 13.9. The van der Waals surface area contributed by atoms with E-state index in [0.717, 1.165) is 0 Å². The molecule has 0 aliphatic heterocycles. The highest BCUT2D eigenvalue weighted by Gasteiger charge is 2.18. The number of benzene rings is 1. The number of hydrogen-bond donors (Lipinski definition) is 2. The molecule has 1 atom stereocenters. The molecule has 1 aromatic carbocycles. The van der Waals surface area contributed by atoms with Crippen molar-refractivity contribution in [1.82, 2.24) is 0 Å². The minimum Gasteiger partial charge on any atom is -0.399 e. The van der Waals surface area contributed by atoms with Crippen molar-refractivity contribution in [2.75, 3.05) is 24.2 Å². The number of nitrogens with zero attached hydrogens (tertiary/aromatic N) is 2. The number of nitrogens with two attached hydrogens (primary N) is 2. The van der Waals surface area contributed by atoms with Crippen molar-refractivity contribution in [2.24, 2.45) is 11.7 Å². The molecule has 0 heterocycles. The Morgan fingerprint density at radius 2 is 2.22 bits per heavy atom. The van der Waals surface area contributed by atoms with Crippen molar-refractivity contribution < 1.29 is 4.79 Å². The van der Waals surface area contributed by atoms with E-state index in [-0.39, 0.29) is 11.5 Å². The van der Waals surface area contributed by atoms with E-state index in [1.807, 2.05) is 0 Å². The number of halogens is 1. The summed E-state index contributed by atoms with van der Waals surface area (Å²) in [5.41, 5.74) is 12.1. The normalized spacial score (nSPS) is 11.7. The van der Waals surface area contributed by atoms with Crippen LogP contribution in [0.1, 0.15) is 17.3 Å². The fourth-order valence-corrected chi connectivity index (χ4v) is 2.11. The lowest BCUT2D eigenvalue weighted by atomic mass is 10.1. The summed E-state index contributed by atoms with van der Waals surface area (Å²) < 4.78 is 0. The molecular weight excluding hydrogens is 252 g/mol. The Hall–Kier alpha value is -1.93. The van der Waals surface area contributed by atoms with Gasteiger partial charge < -0.3 is 16.4 Å². The number of carbonyl (C=O) groups excluding carboxylic acids is 1. The van der Waals surface area contributed by atoms with Gasteiger partial charge in [-0.05, 0) is 19.1 Å².